The third kappa shape index (κ3) is 9.45. The van der Waals surface area contributed by atoms with Gasteiger partial charge in [0.2, 0.25) is 0 Å². The number of nitrogens with two attached hydrogens (primary N) is 2. The van der Waals surface area contributed by atoms with Gasteiger partial charge in [-0.25, -0.2) is 34.6 Å². The third-order valence-electron chi connectivity index (χ3n) is 10.5. The van der Waals surface area contributed by atoms with Gasteiger partial charge in [-0.05, 0) is 55.8 Å². The van der Waals surface area contributed by atoms with Crippen LogP contribution in [-0.4, -0.2) is 49.9 Å². The Kier molecular flexibility index (Phi) is 12.9. The molecule has 6 aromatic heterocycles. The molecule has 67 heavy (non-hydrogen) atoms. The van der Waals surface area contributed by atoms with Gasteiger partial charge in [0, 0.05) is 39.0 Å². The zero-order chi connectivity index (χ0) is 47.8. The maximum absolute atomic E-state index is 13.8. The smallest absolute Gasteiger partial charge is 0.383 e. The van der Waals surface area contributed by atoms with E-state index in [4.69, 9.17) is 46.3 Å². The summed E-state index contributed by atoms with van der Waals surface area (Å²) in [5.41, 5.74) is 14.9. The van der Waals surface area contributed by atoms with E-state index in [9.17, 15) is 26.3 Å². The average Bonchev–Trinajstić information content (AvgIpc) is 3.85. The lowest BCUT2D eigenvalue weighted by molar-refractivity contribution is -0.137. The zero-order valence-corrected chi connectivity index (χ0v) is 37.2. The van der Waals surface area contributed by atoms with E-state index in [1.807, 2.05) is 13.0 Å². The zero-order valence-electron chi connectivity index (χ0n) is 34.9. The summed E-state index contributed by atoms with van der Waals surface area (Å²) in [5, 5.41) is 14.8. The van der Waals surface area contributed by atoms with Crippen molar-refractivity contribution in [2.75, 3.05) is 11.5 Å². The van der Waals surface area contributed by atoms with E-state index in [2.05, 4.69) is 45.2 Å². The van der Waals surface area contributed by atoms with Crippen LogP contribution in [0.5, 0.6) is 0 Å². The van der Waals surface area contributed by atoms with Crippen LogP contribution in [0.3, 0.4) is 0 Å². The molecule has 5 N–H and O–H groups in total. The molecular weight excluding hydrogens is 941 g/mol. The molecule has 0 aliphatic rings. The molecule has 0 unspecified atom stereocenters. The van der Waals surface area contributed by atoms with Crippen LogP contribution in [0.15, 0.2) is 110 Å². The number of nitrogens with zero attached hydrogens (tertiary/aromatic N) is 9. The van der Waals surface area contributed by atoms with E-state index in [0.29, 0.717) is 65.8 Å². The van der Waals surface area contributed by atoms with Gasteiger partial charge in [0.1, 0.15) is 24.3 Å². The molecule has 0 bridgehead atoms. The molecule has 12 nitrogen and oxygen atoms in total. The molecule has 0 saturated carbocycles. The van der Waals surface area contributed by atoms with Crippen molar-refractivity contribution in [3.63, 3.8) is 0 Å². The quantitative estimate of drug-likeness (QED) is 0.111. The number of hydrogen-bond donors (Lipinski definition) is 3. The molecule has 0 aliphatic heterocycles. The highest BCUT2D eigenvalue weighted by molar-refractivity contribution is 6.35. The predicted octanol–water partition coefficient (Wildman–Crippen LogP) is 12.2. The second-order valence-electron chi connectivity index (χ2n) is 14.8. The average molecular weight is 974 g/mol. The first-order chi connectivity index (χ1) is 31.9. The van der Waals surface area contributed by atoms with Crippen molar-refractivity contribution in [2.45, 2.75) is 38.6 Å². The van der Waals surface area contributed by atoms with Gasteiger partial charge < -0.3 is 11.5 Å². The topological polar surface area (TPSA) is 176 Å². The van der Waals surface area contributed by atoms with Gasteiger partial charge in [-0.3, -0.25) is 5.10 Å². The Morgan fingerprint density at radius 2 is 1.13 bits per heavy atom. The Labute approximate surface area is 391 Å². The number of aryl methyl sites for hydroxylation is 2. The van der Waals surface area contributed by atoms with Crippen LogP contribution < -0.4 is 11.5 Å². The molecule has 0 radical (unpaired) electrons. The maximum atomic E-state index is 13.8. The molecule has 6 heterocycles. The van der Waals surface area contributed by atoms with Crippen LogP contribution in [0, 0.1) is 13.8 Å². The predicted molar refractivity (Wildman–Crippen MR) is 248 cm³/mol. The fourth-order valence-electron chi connectivity index (χ4n) is 7.48. The van der Waals surface area contributed by atoms with Crippen LogP contribution >= 0.6 is 34.8 Å². The summed E-state index contributed by atoms with van der Waals surface area (Å²) in [4.78, 5) is 25.0. The summed E-state index contributed by atoms with van der Waals surface area (Å²) in [6, 6.07) is 24.6. The van der Waals surface area contributed by atoms with Gasteiger partial charge >= 0.3 is 12.4 Å². The van der Waals surface area contributed by atoms with Gasteiger partial charge in [-0.15, -0.1) is 11.6 Å². The number of nitrogens with one attached hydrogen (secondary N) is 1. The number of para-hydroxylation sites is 2. The minimum absolute atomic E-state index is 0.00234. The number of rotatable bonds is 5. The summed E-state index contributed by atoms with van der Waals surface area (Å²) in [7, 11) is 0. The van der Waals surface area contributed by atoms with Crippen molar-refractivity contribution in [1.82, 2.24) is 49.9 Å². The number of hydrogen-bond acceptors (Lipinski definition) is 10. The molecular formula is C46H33Cl3F6N12. The summed E-state index contributed by atoms with van der Waals surface area (Å²) in [6.45, 7) is 3.78. The Morgan fingerprint density at radius 3 is 1.67 bits per heavy atom. The summed E-state index contributed by atoms with van der Waals surface area (Å²) < 4.78 is 82.9. The van der Waals surface area contributed by atoms with Crippen LogP contribution in [0.2, 0.25) is 10.0 Å². The highest BCUT2D eigenvalue weighted by atomic mass is 35.5. The molecule has 10 rings (SSSR count). The Bertz CT molecular complexity index is 3470. The molecule has 0 atom stereocenters. The molecule has 340 valence electrons. The number of pyridine rings is 2. The molecule has 10 aromatic rings. The minimum atomic E-state index is -4.55. The van der Waals surface area contributed by atoms with Crippen molar-refractivity contribution < 1.29 is 26.3 Å². The fraction of sp³-hybridized carbons (Fsp3) is 0.130. The number of alkyl halides is 7. The Balaban J connectivity index is 0.000000154. The molecule has 0 amide bonds. The normalized spacial score (nSPS) is 11.7. The molecule has 0 spiro atoms. The first-order valence-electron chi connectivity index (χ1n) is 19.8. The lowest BCUT2D eigenvalue weighted by Crippen LogP contribution is -2.10. The van der Waals surface area contributed by atoms with Gasteiger partial charge in [0.05, 0.1) is 66.6 Å². The molecule has 0 saturated heterocycles. The minimum Gasteiger partial charge on any atom is -0.383 e. The summed E-state index contributed by atoms with van der Waals surface area (Å²) in [6.07, 6.45) is -6.30. The van der Waals surface area contributed by atoms with Crippen molar-refractivity contribution in [3.8, 4) is 22.5 Å². The fourth-order valence-corrected chi connectivity index (χ4v) is 8.14. The van der Waals surface area contributed by atoms with Gasteiger partial charge in [-0.2, -0.15) is 36.5 Å². The number of anilines is 2. The summed E-state index contributed by atoms with van der Waals surface area (Å²) in [5.74, 6) is 0.813. The van der Waals surface area contributed by atoms with Gasteiger partial charge in [-0.1, -0.05) is 83.9 Å². The second kappa shape index (κ2) is 18.6. The molecule has 0 aliphatic carbocycles. The third-order valence-corrected chi connectivity index (χ3v) is 11.4. The maximum Gasteiger partial charge on any atom is 0.417 e. The highest BCUT2D eigenvalue weighted by Gasteiger charge is 2.35. The van der Waals surface area contributed by atoms with Crippen LogP contribution in [0.1, 0.15) is 33.6 Å². The molecule has 21 heteroatoms. The van der Waals surface area contributed by atoms with Gasteiger partial charge in [0.25, 0.3) is 0 Å². The van der Waals surface area contributed by atoms with Crippen LogP contribution in [-0.2, 0) is 24.8 Å². The summed E-state index contributed by atoms with van der Waals surface area (Å²) >= 11 is 18.4. The monoisotopic (exact) mass is 972 g/mol. The van der Waals surface area contributed by atoms with Crippen molar-refractivity contribution in [3.05, 3.63) is 153 Å². The highest BCUT2D eigenvalue weighted by Crippen LogP contribution is 2.41. The number of halogens is 9. The first kappa shape index (κ1) is 46.4. The Morgan fingerprint density at radius 1 is 0.627 bits per heavy atom. The number of benzene rings is 4. The largest absolute Gasteiger partial charge is 0.417 e. The van der Waals surface area contributed by atoms with Crippen LogP contribution in [0.25, 0.3) is 66.4 Å². The number of nitrogen functional groups attached to an aromatic ring is 2. The van der Waals surface area contributed by atoms with E-state index in [1.54, 1.807) is 66.2 Å². The Hall–Kier alpha value is -7.15. The van der Waals surface area contributed by atoms with E-state index >= 15 is 0 Å². The van der Waals surface area contributed by atoms with E-state index < -0.39 is 23.5 Å². The van der Waals surface area contributed by atoms with Crippen molar-refractivity contribution in [2.24, 2.45) is 0 Å². The van der Waals surface area contributed by atoms with E-state index in [-0.39, 0.29) is 40.8 Å². The number of aromatic amines is 1. The number of aromatic nitrogens is 10. The lowest BCUT2D eigenvalue weighted by Gasteiger charge is -2.16. The van der Waals surface area contributed by atoms with Crippen molar-refractivity contribution >= 4 is 90.3 Å². The number of H-pyrrole nitrogens is 1. The standard InChI is InChI=1S/C23H16ClF3N6.C17H10Cl2F3N.C6H7N5/c1-12-18-21(28)29-11-30-22(18)33(32-12)10-14-9-13-5-4-8-17(24)20(13)31-19(14)15-6-2-3-7-16(15)23(25,26)27;18-9-11-8-10-4-3-7-14(19)16(10)23-15(11)12-5-1-2-6-13(12)17(20,21)22;1-3-4-5(7)8-2-9-6(4)11-10-3/h2-9,11H,10H2,1H3,(H2,28,29,30);1-8H,9H2;2H,1H3,(H3,7,8,9,10,11). The van der Waals surface area contributed by atoms with E-state index in [0.717, 1.165) is 28.6 Å². The van der Waals surface area contributed by atoms with Crippen LogP contribution in [0.4, 0.5) is 38.0 Å². The first-order valence-corrected chi connectivity index (χ1v) is 21.1. The number of fused-ring (bicyclic) bond motifs is 4. The van der Waals surface area contributed by atoms with E-state index in [1.165, 1.54) is 36.9 Å². The second-order valence-corrected chi connectivity index (χ2v) is 15.9. The molecule has 0 fully saturated rings. The lowest BCUT2D eigenvalue weighted by atomic mass is 9.98. The van der Waals surface area contributed by atoms with Gasteiger partial charge in [0.15, 0.2) is 11.3 Å². The van der Waals surface area contributed by atoms with Crippen molar-refractivity contribution in [1.29, 1.82) is 0 Å². The SMILES string of the molecule is Cc1[nH]nc2ncnc(N)c12.Cc1nn(Cc2cc3cccc(Cl)c3nc2-c2ccccc2C(F)(F)F)c2ncnc(N)c12.FC(F)(F)c1ccccc1-c1nc2c(Cl)cccc2cc1CCl. The molecule has 4 aromatic carbocycles.